The molecule has 1 unspecified atom stereocenters. The number of allylic oxidation sites excluding steroid dienone is 1. The van der Waals surface area contributed by atoms with E-state index in [4.69, 9.17) is 4.74 Å². The molecule has 0 radical (unpaired) electrons. The van der Waals surface area contributed by atoms with Crippen LogP contribution in [0.4, 0.5) is 0 Å². The second-order valence-corrected chi connectivity index (χ2v) is 3.41. The number of rotatable bonds is 4. The number of ether oxygens (including phenoxy) is 1. The van der Waals surface area contributed by atoms with E-state index in [1.54, 1.807) is 7.11 Å². The van der Waals surface area contributed by atoms with Gasteiger partial charge in [-0.15, -0.1) is 6.58 Å². The molecule has 0 saturated carbocycles. The fraction of sp³-hybridized carbons (Fsp3) is 0.385. The lowest BCUT2D eigenvalue weighted by atomic mass is 9.94. The molecule has 0 spiro atoms. The van der Waals surface area contributed by atoms with Crippen LogP contribution in [0, 0.1) is 0 Å². The molecule has 1 aromatic rings. The van der Waals surface area contributed by atoms with Gasteiger partial charge in [-0.3, -0.25) is 0 Å². The maximum absolute atomic E-state index is 5.34. The van der Waals surface area contributed by atoms with Crippen molar-refractivity contribution in [2.24, 2.45) is 0 Å². The van der Waals surface area contributed by atoms with Crippen LogP contribution >= 0.6 is 0 Å². The van der Waals surface area contributed by atoms with Crippen molar-refractivity contribution in [1.82, 2.24) is 0 Å². The molecule has 0 aliphatic carbocycles. The highest BCUT2D eigenvalue weighted by molar-refractivity contribution is 5.43. The Bertz CT molecular complexity index is 315. The molecule has 1 nitrogen and oxygen atoms in total. The molecule has 0 fully saturated rings. The van der Waals surface area contributed by atoms with E-state index >= 15 is 0 Å². The normalized spacial score (nSPS) is 12.2. The summed E-state index contributed by atoms with van der Waals surface area (Å²) in [5, 5.41) is 0. The largest absolute Gasteiger partial charge is 0.496 e. The Morgan fingerprint density at radius 3 is 2.71 bits per heavy atom. The quantitative estimate of drug-likeness (QED) is 0.660. The molecule has 76 valence electrons. The predicted molar refractivity (Wildman–Crippen MR) is 61.0 cm³/mol. The number of benzene rings is 1. The van der Waals surface area contributed by atoms with Gasteiger partial charge >= 0.3 is 0 Å². The Morgan fingerprint density at radius 2 is 2.21 bits per heavy atom. The molecule has 1 atom stereocenters. The van der Waals surface area contributed by atoms with Crippen molar-refractivity contribution < 1.29 is 4.74 Å². The highest BCUT2D eigenvalue weighted by Crippen LogP contribution is 2.28. The van der Waals surface area contributed by atoms with E-state index in [-0.39, 0.29) is 0 Å². The zero-order chi connectivity index (χ0) is 10.6. The summed E-state index contributed by atoms with van der Waals surface area (Å²) in [4.78, 5) is 0. The molecule has 0 bridgehead atoms. The topological polar surface area (TPSA) is 9.23 Å². The summed E-state index contributed by atoms with van der Waals surface area (Å²) in [6.07, 6.45) is 2.96. The van der Waals surface area contributed by atoms with Crippen LogP contribution in [0.1, 0.15) is 30.9 Å². The molecule has 0 amide bonds. The summed E-state index contributed by atoms with van der Waals surface area (Å²) in [6, 6.07) is 6.19. The average molecular weight is 190 g/mol. The minimum Gasteiger partial charge on any atom is -0.496 e. The van der Waals surface area contributed by atoms with E-state index in [0.29, 0.717) is 5.92 Å². The predicted octanol–water partition coefficient (Wildman–Crippen LogP) is 3.55. The van der Waals surface area contributed by atoms with E-state index in [9.17, 15) is 0 Å². The lowest BCUT2D eigenvalue weighted by Gasteiger charge is -2.15. The van der Waals surface area contributed by atoms with Crippen LogP contribution < -0.4 is 4.74 Å². The minimum absolute atomic E-state index is 0.389. The average Bonchev–Trinajstić information content (AvgIpc) is 2.26. The SMILES string of the molecule is C=CC(C)c1cccc(OC)c1CC. The summed E-state index contributed by atoms with van der Waals surface area (Å²) in [7, 11) is 1.72. The first-order chi connectivity index (χ1) is 6.74. The highest BCUT2D eigenvalue weighted by atomic mass is 16.5. The Morgan fingerprint density at radius 1 is 1.50 bits per heavy atom. The van der Waals surface area contributed by atoms with E-state index in [0.717, 1.165) is 12.2 Å². The molecule has 0 aliphatic heterocycles. The van der Waals surface area contributed by atoms with Gasteiger partial charge < -0.3 is 4.74 Å². The molecule has 1 aromatic carbocycles. The van der Waals surface area contributed by atoms with Gasteiger partial charge in [0.2, 0.25) is 0 Å². The molecule has 0 saturated heterocycles. The maximum atomic E-state index is 5.34. The van der Waals surface area contributed by atoms with Gasteiger partial charge in [0.1, 0.15) is 5.75 Å². The molecule has 0 heterocycles. The van der Waals surface area contributed by atoms with E-state index in [1.165, 1.54) is 11.1 Å². The van der Waals surface area contributed by atoms with Crippen molar-refractivity contribution in [3.8, 4) is 5.75 Å². The second kappa shape index (κ2) is 4.85. The first-order valence-electron chi connectivity index (χ1n) is 5.02. The Balaban J connectivity index is 3.21. The van der Waals surface area contributed by atoms with Gasteiger partial charge in [0.05, 0.1) is 7.11 Å². The lowest BCUT2D eigenvalue weighted by molar-refractivity contribution is 0.409. The summed E-state index contributed by atoms with van der Waals surface area (Å²) in [6.45, 7) is 8.13. The van der Waals surface area contributed by atoms with Gasteiger partial charge in [0.25, 0.3) is 0 Å². The van der Waals surface area contributed by atoms with Crippen LogP contribution in [-0.4, -0.2) is 7.11 Å². The van der Waals surface area contributed by atoms with Crippen LogP contribution in [0.2, 0.25) is 0 Å². The first kappa shape index (κ1) is 10.8. The summed E-state index contributed by atoms with van der Waals surface area (Å²) in [5.41, 5.74) is 2.62. The maximum Gasteiger partial charge on any atom is 0.122 e. The standard InChI is InChI=1S/C13H18O/c1-5-10(3)12-8-7-9-13(14-4)11(12)6-2/h5,7-10H,1,6H2,2-4H3. The van der Waals surface area contributed by atoms with E-state index < -0.39 is 0 Å². The number of methoxy groups -OCH3 is 1. The van der Waals surface area contributed by atoms with Crippen LogP contribution in [0.25, 0.3) is 0 Å². The van der Waals surface area contributed by atoms with Gasteiger partial charge in [-0.05, 0) is 29.5 Å². The zero-order valence-electron chi connectivity index (χ0n) is 9.21. The number of hydrogen-bond donors (Lipinski definition) is 0. The number of hydrogen-bond acceptors (Lipinski definition) is 1. The van der Waals surface area contributed by atoms with Crippen molar-refractivity contribution in [3.63, 3.8) is 0 Å². The molecular weight excluding hydrogens is 172 g/mol. The van der Waals surface area contributed by atoms with Crippen LogP contribution in [0.3, 0.4) is 0 Å². The van der Waals surface area contributed by atoms with Gasteiger partial charge in [-0.1, -0.05) is 32.1 Å². The van der Waals surface area contributed by atoms with Gasteiger partial charge in [-0.25, -0.2) is 0 Å². The Hall–Kier alpha value is -1.24. The first-order valence-corrected chi connectivity index (χ1v) is 5.02. The minimum atomic E-state index is 0.389. The third-order valence-electron chi connectivity index (χ3n) is 2.59. The third kappa shape index (κ3) is 1.98. The summed E-state index contributed by atoms with van der Waals surface area (Å²) in [5.74, 6) is 1.37. The van der Waals surface area contributed by atoms with Gasteiger partial charge in [0.15, 0.2) is 0 Å². The van der Waals surface area contributed by atoms with Gasteiger partial charge in [0, 0.05) is 0 Å². The van der Waals surface area contributed by atoms with Crippen molar-refractivity contribution in [2.75, 3.05) is 7.11 Å². The van der Waals surface area contributed by atoms with Gasteiger partial charge in [-0.2, -0.15) is 0 Å². The second-order valence-electron chi connectivity index (χ2n) is 3.41. The van der Waals surface area contributed by atoms with Crippen LogP contribution in [-0.2, 0) is 6.42 Å². The summed E-state index contributed by atoms with van der Waals surface area (Å²) >= 11 is 0. The molecule has 14 heavy (non-hydrogen) atoms. The Kier molecular flexibility index (Phi) is 3.75. The smallest absolute Gasteiger partial charge is 0.122 e. The molecule has 0 aliphatic rings. The van der Waals surface area contributed by atoms with E-state index in [2.05, 4.69) is 26.5 Å². The molecule has 0 aromatic heterocycles. The van der Waals surface area contributed by atoms with Crippen molar-refractivity contribution in [3.05, 3.63) is 42.0 Å². The van der Waals surface area contributed by atoms with Crippen molar-refractivity contribution in [1.29, 1.82) is 0 Å². The molecule has 1 heteroatoms. The fourth-order valence-electron chi connectivity index (χ4n) is 1.71. The molecule has 0 N–H and O–H groups in total. The summed E-state index contributed by atoms with van der Waals surface area (Å²) < 4.78 is 5.34. The van der Waals surface area contributed by atoms with Crippen molar-refractivity contribution >= 4 is 0 Å². The van der Waals surface area contributed by atoms with Crippen molar-refractivity contribution in [2.45, 2.75) is 26.2 Å². The fourth-order valence-corrected chi connectivity index (χ4v) is 1.71. The van der Waals surface area contributed by atoms with Crippen LogP contribution in [0.5, 0.6) is 5.75 Å². The third-order valence-corrected chi connectivity index (χ3v) is 2.59. The lowest BCUT2D eigenvalue weighted by Crippen LogP contribution is -1.99. The van der Waals surface area contributed by atoms with E-state index in [1.807, 2.05) is 18.2 Å². The monoisotopic (exact) mass is 190 g/mol. The Labute approximate surface area is 86.4 Å². The van der Waals surface area contributed by atoms with Crippen LogP contribution in [0.15, 0.2) is 30.9 Å². The molecular formula is C13H18O. The zero-order valence-corrected chi connectivity index (χ0v) is 9.21. The molecule has 1 rings (SSSR count). The highest BCUT2D eigenvalue weighted by Gasteiger charge is 2.10.